The molecule has 0 radical (unpaired) electrons. The van der Waals surface area contributed by atoms with Crippen LogP contribution in [0.3, 0.4) is 0 Å². The summed E-state index contributed by atoms with van der Waals surface area (Å²) >= 11 is 1.68. The number of rotatable bonds is 11. The molecule has 0 unspecified atom stereocenters. The highest BCUT2D eigenvalue weighted by molar-refractivity contribution is 7.13. The molecule has 1 atom stereocenters. The van der Waals surface area contributed by atoms with Gasteiger partial charge in [-0.05, 0) is 58.7 Å². The molecule has 1 heterocycles. The van der Waals surface area contributed by atoms with Crippen LogP contribution < -0.4 is 10.6 Å². The number of carboxylic acid groups (broad SMARTS) is 1. The summed E-state index contributed by atoms with van der Waals surface area (Å²) in [6, 6.07) is 28.2. The van der Waals surface area contributed by atoms with E-state index in [-0.39, 0.29) is 12.8 Å². The Morgan fingerprint density at radius 3 is 2.11 bits per heavy atom. The molecule has 0 bridgehead atoms. The highest BCUT2D eigenvalue weighted by Crippen LogP contribution is 2.24. The molecule has 3 aromatic carbocycles. The molecule has 2 amide bonds. The Kier molecular flexibility index (Phi) is 8.84. The molecule has 0 aliphatic rings. The minimum absolute atomic E-state index is 0.00448. The molecule has 7 heteroatoms. The van der Waals surface area contributed by atoms with E-state index in [4.69, 9.17) is 5.11 Å². The first-order valence-corrected chi connectivity index (χ1v) is 13.0. The summed E-state index contributed by atoms with van der Waals surface area (Å²) in [5.41, 5.74) is 4.63. The molecule has 6 nitrogen and oxygen atoms in total. The van der Waals surface area contributed by atoms with Crippen molar-refractivity contribution in [3.8, 4) is 21.6 Å². The van der Waals surface area contributed by atoms with Crippen LogP contribution in [0.15, 0.2) is 96.4 Å². The highest BCUT2D eigenvalue weighted by Gasteiger charge is 2.22. The summed E-state index contributed by atoms with van der Waals surface area (Å²) in [5.74, 6) is -1.84. The maximum Gasteiger partial charge on any atom is 0.303 e. The van der Waals surface area contributed by atoms with Crippen molar-refractivity contribution in [2.75, 3.05) is 6.54 Å². The first-order chi connectivity index (χ1) is 18.0. The summed E-state index contributed by atoms with van der Waals surface area (Å²) < 4.78 is 0. The summed E-state index contributed by atoms with van der Waals surface area (Å²) in [6.07, 6.45) is 0.400. The van der Waals surface area contributed by atoms with Crippen molar-refractivity contribution in [3.63, 3.8) is 0 Å². The SMILES string of the molecule is O=C(O)CC[C@H](NC(=O)c1ccc(-c2ccccc2)cc1)C(=O)NCCc1ccc(-c2cccs2)cc1. The second kappa shape index (κ2) is 12.6. The topological polar surface area (TPSA) is 95.5 Å². The van der Waals surface area contributed by atoms with Gasteiger partial charge in [-0.2, -0.15) is 0 Å². The van der Waals surface area contributed by atoms with Gasteiger partial charge in [-0.15, -0.1) is 11.3 Å². The zero-order chi connectivity index (χ0) is 26.0. The summed E-state index contributed by atoms with van der Waals surface area (Å²) in [5, 5.41) is 16.7. The molecule has 0 saturated heterocycles. The lowest BCUT2D eigenvalue weighted by Crippen LogP contribution is -2.47. The summed E-state index contributed by atoms with van der Waals surface area (Å²) in [6.45, 7) is 0.377. The normalized spacial score (nSPS) is 11.5. The van der Waals surface area contributed by atoms with Crippen molar-refractivity contribution < 1.29 is 19.5 Å². The maximum absolute atomic E-state index is 12.8. The Hall–Kier alpha value is -4.23. The summed E-state index contributed by atoms with van der Waals surface area (Å²) in [7, 11) is 0. The van der Waals surface area contributed by atoms with Gasteiger partial charge in [0, 0.05) is 23.4 Å². The Bertz CT molecular complexity index is 1320. The Morgan fingerprint density at radius 2 is 1.46 bits per heavy atom. The third kappa shape index (κ3) is 7.38. The average Bonchev–Trinajstić information content (AvgIpc) is 3.47. The van der Waals surface area contributed by atoms with Crippen molar-refractivity contribution in [1.82, 2.24) is 10.6 Å². The van der Waals surface area contributed by atoms with Gasteiger partial charge in [0.1, 0.15) is 6.04 Å². The Balaban J connectivity index is 1.33. The number of benzene rings is 3. The van der Waals surface area contributed by atoms with Crippen LogP contribution >= 0.6 is 11.3 Å². The van der Waals surface area contributed by atoms with Crippen LogP contribution in [0.4, 0.5) is 0 Å². The lowest BCUT2D eigenvalue weighted by atomic mass is 10.0. The van der Waals surface area contributed by atoms with Crippen LogP contribution in [0.1, 0.15) is 28.8 Å². The average molecular weight is 513 g/mol. The van der Waals surface area contributed by atoms with E-state index in [1.54, 1.807) is 23.5 Å². The fourth-order valence-corrected chi connectivity index (χ4v) is 4.69. The fourth-order valence-electron chi connectivity index (χ4n) is 3.95. The van der Waals surface area contributed by atoms with E-state index in [2.05, 4.69) is 28.8 Å². The van der Waals surface area contributed by atoms with Gasteiger partial charge in [-0.3, -0.25) is 14.4 Å². The third-order valence-corrected chi connectivity index (χ3v) is 6.91. The van der Waals surface area contributed by atoms with E-state index < -0.39 is 23.8 Å². The van der Waals surface area contributed by atoms with E-state index in [0.29, 0.717) is 18.5 Å². The van der Waals surface area contributed by atoms with Gasteiger partial charge < -0.3 is 15.7 Å². The number of hydrogen-bond donors (Lipinski definition) is 3. The van der Waals surface area contributed by atoms with Gasteiger partial charge in [-0.1, -0.05) is 72.8 Å². The quantitative estimate of drug-likeness (QED) is 0.251. The molecule has 0 saturated carbocycles. The molecule has 188 valence electrons. The first kappa shape index (κ1) is 25.9. The van der Waals surface area contributed by atoms with Crippen molar-refractivity contribution in [1.29, 1.82) is 0 Å². The number of thiophene rings is 1. The number of carbonyl (C=O) groups is 3. The van der Waals surface area contributed by atoms with Crippen LogP contribution in [-0.2, 0) is 16.0 Å². The zero-order valence-corrected chi connectivity index (χ0v) is 21.0. The van der Waals surface area contributed by atoms with Crippen LogP contribution in [-0.4, -0.2) is 35.5 Å². The number of hydrogen-bond acceptors (Lipinski definition) is 4. The lowest BCUT2D eigenvalue weighted by Gasteiger charge is -2.18. The van der Waals surface area contributed by atoms with E-state index >= 15 is 0 Å². The first-order valence-electron chi connectivity index (χ1n) is 12.1. The number of aliphatic carboxylic acids is 1. The standard InChI is InChI=1S/C30H28N2O4S/c33-28(34)17-16-26(32-29(35)25-14-12-23(13-15-25)22-5-2-1-3-6-22)30(36)31-19-18-21-8-10-24(11-9-21)27-7-4-20-37-27/h1-15,20,26H,16-19H2,(H,31,36)(H,32,35)(H,33,34)/t26-/m0/s1. The highest BCUT2D eigenvalue weighted by atomic mass is 32.1. The second-order valence-corrected chi connectivity index (χ2v) is 9.56. The van der Waals surface area contributed by atoms with Crippen molar-refractivity contribution >= 4 is 29.1 Å². The molecule has 0 aliphatic carbocycles. The van der Waals surface area contributed by atoms with Crippen LogP contribution in [0.2, 0.25) is 0 Å². The molecule has 0 fully saturated rings. The van der Waals surface area contributed by atoms with Crippen molar-refractivity contribution in [2.24, 2.45) is 0 Å². The van der Waals surface area contributed by atoms with Crippen molar-refractivity contribution in [2.45, 2.75) is 25.3 Å². The van der Waals surface area contributed by atoms with E-state index in [0.717, 1.165) is 22.3 Å². The van der Waals surface area contributed by atoms with E-state index in [9.17, 15) is 14.4 Å². The zero-order valence-electron chi connectivity index (χ0n) is 20.2. The minimum Gasteiger partial charge on any atom is -0.481 e. The second-order valence-electron chi connectivity index (χ2n) is 8.62. The molecular formula is C30H28N2O4S. The van der Waals surface area contributed by atoms with E-state index in [1.807, 2.05) is 66.0 Å². The predicted octanol–water partition coefficient (Wildman–Crippen LogP) is 5.40. The van der Waals surface area contributed by atoms with Gasteiger partial charge in [0.15, 0.2) is 0 Å². The number of carbonyl (C=O) groups excluding carboxylic acids is 2. The van der Waals surface area contributed by atoms with Crippen LogP contribution in [0.5, 0.6) is 0 Å². The fraction of sp³-hybridized carbons (Fsp3) is 0.167. The predicted molar refractivity (Wildman–Crippen MR) is 146 cm³/mol. The van der Waals surface area contributed by atoms with Gasteiger partial charge in [0.25, 0.3) is 5.91 Å². The molecule has 0 spiro atoms. The van der Waals surface area contributed by atoms with Gasteiger partial charge in [-0.25, -0.2) is 0 Å². The van der Waals surface area contributed by atoms with Crippen LogP contribution in [0.25, 0.3) is 21.6 Å². The van der Waals surface area contributed by atoms with Crippen molar-refractivity contribution in [3.05, 3.63) is 108 Å². The number of carboxylic acids is 1. The molecule has 1 aromatic heterocycles. The Labute approximate surface area is 220 Å². The molecule has 3 N–H and O–H groups in total. The van der Waals surface area contributed by atoms with Gasteiger partial charge in [0.05, 0.1) is 0 Å². The van der Waals surface area contributed by atoms with Crippen LogP contribution in [0, 0.1) is 0 Å². The molecule has 0 aliphatic heterocycles. The smallest absolute Gasteiger partial charge is 0.303 e. The lowest BCUT2D eigenvalue weighted by molar-refractivity contribution is -0.137. The Morgan fingerprint density at radius 1 is 0.784 bits per heavy atom. The van der Waals surface area contributed by atoms with E-state index in [1.165, 1.54) is 4.88 Å². The molecule has 4 rings (SSSR count). The minimum atomic E-state index is -1.02. The summed E-state index contributed by atoms with van der Waals surface area (Å²) in [4.78, 5) is 38.0. The maximum atomic E-state index is 12.8. The monoisotopic (exact) mass is 512 g/mol. The van der Waals surface area contributed by atoms with Gasteiger partial charge >= 0.3 is 5.97 Å². The number of nitrogens with one attached hydrogen (secondary N) is 2. The number of amides is 2. The molecule has 4 aromatic rings. The van der Waals surface area contributed by atoms with Gasteiger partial charge in [0.2, 0.25) is 5.91 Å². The third-order valence-electron chi connectivity index (χ3n) is 6.00. The molecular weight excluding hydrogens is 484 g/mol. The molecule has 37 heavy (non-hydrogen) atoms. The largest absolute Gasteiger partial charge is 0.481 e.